The van der Waals surface area contributed by atoms with E-state index in [4.69, 9.17) is 9.47 Å². The highest BCUT2D eigenvalue weighted by atomic mass is 35.5. The zero-order chi connectivity index (χ0) is 12.7. The summed E-state index contributed by atoms with van der Waals surface area (Å²) in [4.78, 5) is 24.6. The van der Waals surface area contributed by atoms with Crippen LogP contribution in [0.15, 0.2) is 47.7 Å². The minimum Gasteiger partial charge on any atom is -0.468 e. The predicted molar refractivity (Wildman–Crippen MR) is 70.4 cm³/mol. The average molecular weight is 279 g/mol. The summed E-state index contributed by atoms with van der Waals surface area (Å²) in [7, 11) is 1.44. The Bertz CT molecular complexity index is 616. The van der Waals surface area contributed by atoms with Gasteiger partial charge in [0, 0.05) is 23.8 Å². The second-order valence-corrected chi connectivity index (χ2v) is 4.04. The summed E-state index contributed by atoms with van der Waals surface area (Å²) in [5, 5.41) is 0. The van der Waals surface area contributed by atoms with Gasteiger partial charge in [-0.1, -0.05) is 24.3 Å². The number of allylic oxidation sites excluding steroid dienone is 2. The number of carbonyl (C=O) groups is 2. The van der Waals surface area contributed by atoms with E-state index in [1.54, 1.807) is 24.3 Å². The summed E-state index contributed by atoms with van der Waals surface area (Å²) in [6.45, 7) is 0. The maximum Gasteiger partial charge on any atom is 0.230 e. The molecule has 1 aromatic carbocycles. The third-order valence-corrected chi connectivity index (χ3v) is 3.08. The zero-order valence-electron chi connectivity index (χ0n) is 10.1. The first-order chi connectivity index (χ1) is 8.74. The molecule has 0 N–H and O–H groups in total. The number of carbonyl (C=O) groups excluding carboxylic acids is 2. The van der Waals surface area contributed by atoms with Crippen LogP contribution in [0.25, 0.3) is 0 Å². The van der Waals surface area contributed by atoms with Crippen molar-refractivity contribution in [3.05, 3.63) is 58.9 Å². The van der Waals surface area contributed by atoms with Gasteiger partial charge in [-0.3, -0.25) is 9.59 Å². The van der Waals surface area contributed by atoms with Gasteiger partial charge in [0.15, 0.2) is 11.6 Å². The van der Waals surface area contributed by atoms with Crippen molar-refractivity contribution in [3.63, 3.8) is 0 Å². The SMILES string of the molecule is COC1OC=CC2=C1C(=O)c1ccccc1C2=O.Cl. The fourth-order valence-corrected chi connectivity index (χ4v) is 2.23. The van der Waals surface area contributed by atoms with E-state index < -0.39 is 6.29 Å². The summed E-state index contributed by atoms with van der Waals surface area (Å²) in [6.07, 6.45) is 2.09. The average Bonchev–Trinajstić information content (AvgIpc) is 2.44. The van der Waals surface area contributed by atoms with Crippen LogP contribution in [0.3, 0.4) is 0 Å². The van der Waals surface area contributed by atoms with Gasteiger partial charge in [0.25, 0.3) is 0 Å². The molecule has 4 nitrogen and oxygen atoms in total. The lowest BCUT2D eigenvalue weighted by atomic mass is 9.83. The summed E-state index contributed by atoms with van der Waals surface area (Å²) in [5.74, 6) is -0.377. The lowest BCUT2D eigenvalue weighted by molar-refractivity contribution is -0.0559. The molecular formula is C14H11ClO4. The molecule has 1 atom stereocenters. The first-order valence-electron chi connectivity index (χ1n) is 5.51. The topological polar surface area (TPSA) is 52.6 Å². The molecule has 0 fully saturated rings. The van der Waals surface area contributed by atoms with Crippen LogP contribution < -0.4 is 0 Å². The summed E-state index contributed by atoms with van der Waals surface area (Å²) in [6, 6.07) is 6.78. The molecule has 0 aromatic heterocycles. The quantitative estimate of drug-likeness (QED) is 0.791. The smallest absolute Gasteiger partial charge is 0.230 e. The third kappa shape index (κ3) is 1.89. The number of Topliss-reactive ketones (excluding diaryl/α,β-unsaturated/α-hetero) is 2. The molecule has 98 valence electrons. The molecular weight excluding hydrogens is 268 g/mol. The van der Waals surface area contributed by atoms with Crippen LogP contribution in [0.5, 0.6) is 0 Å². The number of hydrogen-bond acceptors (Lipinski definition) is 4. The Hall–Kier alpha value is -1.91. The normalized spacial score (nSPS) is 20.4. The molecule has 1 heterocycles. The van der Waals surface area contributed by atoms with Gasteiger partial charge in [-0.05, 0) is 6.08 Å². The molecule has 0 bridgehead atoms. The van der Waals surface area contributed by atoms with Crippen molar-refractivity contribution in [2.75, 3.05) is 7.11 Å². The van der Waals surface area contributed by atoms with Gasteiger partial charge in [0.2, 0.25) is 6.29 Å². The van der Waals surface area contributed by atoms with E-state index >= 15 is 0 Å². The standard InChI is InChI=1S/C14H10O4.ClH/c1-17-14-11-10(6-7-18-14)12(15)8-4-2-3-5-9(8)13(11)16;/h2-7,14H,1H3;1H. The first-order valence-corrected chi connectivity index (χ1v) is 5.51. The number of ether oxygens (including phenoxy) is 2. The number of halogens is 1. The Morgan fingerprint density at radius 1 is 1.11 bits per heavy atom. The van der Waals surface area contributed by atoms with Gasteiger partial charge >= 0.3 is 0 Å². The van der Waals surface area contributed by atoms with Crippen molar-refractivity contribution in [1.29, 1.82) is 0 Å². The number of fused-ring (bicyclic) bond motifs is 1. The molecule has 1 aliphatic carbocycles. The monoisotopic (exact) mass is 278 g/mol. The van der Waals surface area contributed by atoms with Gasteiger partial charge in [-0.2, -0.15) is 0 Å². The fraction of sp³-hybridized carbons (Fsp3) is 0.143. The molecule has 0 radical (unpaired) electrons. The largest absolute Gasteiger partial charge is 0.468 e. The lowest BCUT2D eigenvalue weighted by Gasteiger charge is -2.26. The van der Waals surface area contributed by atoms with Gasteiger partial charge < -0.3 is 9.47 Å². The second kappa shape index (κ2) is 4.99. The number of rotatable bonds is 1. The summed E-state index contributed by atoms with van der Waals surface area (Å²) < 4.78 is 10.3. The van der Waals surface area contributed by atoms with E-state index in [1.807, 2.05) is 0 Å². The molecule has 0 saturated heterocycles. The molecule has 2 aliphatic rings. The fourth-order valence-electron chi connectivity index (χ4n) is 2.23. The molecule has 0 spiro atoms. The van der Waals surface area contributed by atoms with Crippen molar-refractivity contribution < 1.29 is 19.1 Å². The van der Waals surface area contributed by atoms with Gasteiger partial charge in [0.1, 0.15) is 0 Å². The molecule has 5 heteroatoms. The minimum atomic E-state index is -0.810. The Balaban J connectivity index is 0.00000133. The summed E-state index contributed by atoms with van der Waals surface area (Å²) in [5.41, 5.74) is 1.48. The molecule has 19 heavy (non-hydrogen) atoms. The Morgan fingerprint density at radius 2 is 1.74 bits per heavy atom. The first kappa shape index (κ1) is 13.5. The van der Waals surface area contributed by atoms with Crippen LogP contribution >= 0.6 is 12.4 Å². The highest BCUT2D eigenvalue weighted by molar-refractivity contribution is 6.28. The van der Waals surface area contributed by atoms with E-state index in [2.05, 4.69) is 0 Å². The number of methoxy groups -OCH3 is 1. The van der Waals surface area contributed by atoms with Crippen molar-refractivity contribution in [2.24, 2.45) is 0 Å². The Kier molecular flexibility index (Phi) is 3.55. The molecule has 0 amide bonds. The highest BCUT2D eigenvalue weighted by Gasteiger charge is 2.37. The Labute approximate surface area is 116 Å². The lowest BCUT2D eigenvalue weighted by Crippen LogP contribution is -2.32. The van der Waals surface area contributed by atoms with E-state index in [0.29, 0.717) is 16.7 Å². The van der Waals surface area contributed by atoms with Crippen molar-refractivity contribution >= 4 is 24.0 Å². The second-order valence-electron chi connectivity index (χ2n) is 4.04. The van der Waals surface area contributed by atoms with Crippen LogP contribution in [0.2, 0.25) is 0 Å². The van der Waals surface area contributed by atoms with E-state index in [1.165, 1.54) is 19.4 Å². The molecule has 1 aliphatic heterocycles. The predicted octanol–water partition coefficient (Wildman–Crippen LogP) is 2.30. The van der Waals surface area contributed by atoms with Crippen molar-refractivity contribution in [2.45, 2.75) is 6.29 Å². The molecule has 1 unspecified atom stereocenters. The van der Waals surface area contributed by atoms with Crippen molar-refractivity contribution in [3.8, 4) is 0 Å². The van der Waals surface area contributed by atoms with Crippen molar-refractivity contribution in [1.82, 2.24) is 0 Å². The van der Waals surface area contributed by atoms with Gasteiger partial charge in [-0.15, -0.1) is 12.4 Å². The maximum absolute atomic E-state index is 12.4. The number of hydrogen-bond donors (Lipinski definition) is 0. The Morgan fingerprint density at radius 3 is 2.37 bits per heavy atom. The molecule has 3 rings (SSSR count). The van der Waals surface area contributed by atoms with Gasteiger partial charge in [0.05, 0.1) is 11.8 Å². The van der Waals surface area contributed by atoms with Crippen LogP contribution in [0.4, 0.5) is 0 Å². The zero-order valence-corrected chi connectivity index (χ0v) is 10.9. The summed E-state index contributed by atoms with van der Waals surface area (Å²) >= 11 is 0. The third-order valence-electron chi connectivity index (χ3n) is 3.08. The highest BCUT2D eigenvalue weighted by Crippen LogP contribution is 2.32. The molecule has 0 saturated carbocycles. The van der Waals surface area contributed by atoms with E-state index in [-0.39, 0.29) is 29.5 Å². The van der Waals surface area contributed by atoms with Crippen LogP contribution in [0.1, 0.15) is 20.7 Å². The van der Waals surface area contributed by atoms with E-state index in [9.17, 15) is 9.59 Å². The van der Waals surface area contributed by atoms with Crippen LogP contribution in [-0.4, -0.2) is 25.0 Å². The van der Waals surface area contributed by atoms with E-state index in [0.717, 1.165) is 0 Å². The number of ketones is 2. The minimum absolute atomic E-state index is 0. The van der Waals surface area contributed by atoms with Gasteiger partial charge in [-0.25, -0.2) is 0 Å². The van der Waals surface area contributed by atoms with Crippen LogP contribution in [-0.2, 0) is 9.47 Å². The molecule has 1 aromatic rings. The van der Waals surface area contributed by atoms with Crippen LogP contribution in [0, 0.1) is 0 Å². The number of benzene rings is 1. The maximum atomic E-state index is 12.4.